The van der Waals surface area contributed by atoms with Gasteiger partial charge in [0.25, 0.3) is 0 Å². The molecule has 0 aromatic heterocycles. The Morgan fingerprint density at radius 3 is 2.41 bits per heavy atom. The third-order valence-electron chi connectivity index (χ3n) is 5.23. The minimum absolute atomic E-state index is 0.293. The fourth-order valence-electron chi connectivity index (χ4n) is 3.41. The van der Waals surface area contributed by atoms with Gasteiger partial charge in [-0.25, -0.2) is 0 Å². The minimum Gasteiger partial charge on any atom is -0.0683 e. The summed E-state index contributed by atoms with van der Waals surface area (Å²) in [5.74, 6) is 0. The lowest BCUT2D eigenvalue weighted by Gasteiger charge is -2.35. The van der Waals surface area contributed by atoms with Crippen molar-refractivity contribution in [3.63, 3.8) is 0 Å². The monoisotopic (exact) mass is 226 g/mol. The predicted octanol–water partition coefficient (Wildman–Crippen LogP) is 4.51. The number of fused-ring (bicyclic) bond motifs is 2. The molecular formula is C17H22. The SMILES string of the molecule is CC1=Cc2cc3c(cc2C1)CC(C)(C)C3(C)C. The quantitative estimate of drug-likeness (QED) is 0.610. The van der Waals surface area contributed by atoms with Crippen LogP contribution in [-0.4, -0.2) is 0 Å². The summed E-state index contributed by atoms with van der Waals surface area (Å²) in [6.45, 7) is 11.8. The zero-order chi connectivity index (χ0) is 12.4. The Morgan fingerprint density at radius 2 is 1.71 bits per heavy atom. The molecule has 0 N–H and O–H groups in total. The van der Waals surface area contributed by atoms with Gasteiger partial charge in [0, 0.05) is 0 Å². The van der Waals surface area contributed by atoms with Crippen LogP contribution in [0.3, 0.4) is 0 Å². The average Bonchev–Trinajstić information content (AvgIpc) is 2.61. The molecule has 2 aliphatic rings. The van der Waals surface area contributed by atoms with Crippen molar-refractivity contribution in [3.05, 3.63) is 40.0 Å². The summed E-state index contributed by atoms with van der Waals surface area (Å²) >= 11 is 0. The fraction of sp³-hybridized carbons (Fsp3) is 0.529. The van der Waals surface area contributed by atoms with E-state index in [0.29, 0.717) is 10.8 Å². The highest BCUT2D eigenvalue weighted by molar-refractivity contribution is 5.66. The van der Waals surface area contributed by atoms with Crippen molar-refractivity contribution in [1.29, 1.82) is 0 Å². The summed E-state index contributed by atoms with van der Waals surface area (Å²) in [6, 6.07) is 4.92. The van der Waals surface area contributed by atoms with E-state index in [1.165, 1.54) is 23.1 Å². The van der Waals surface area contributed by atoms with Gasteiger partial charge in [-0.2, -0.15) is 0 Å². The molecule has 90 valence electrons. The van der Waals surface area contributed by atoms with Gasteiger partial charge in [0.05, 0.1) is 0 Å². The van der Waals surface area contributed by atoms with Gasteiger partial charge in [-0.05, 0) is 52.8 Å². The Labute approximate surface area is 105 Å². The molecule has 17 heavy (non-hydrogen) atoms. The summed E-state index contributed by atoms with van der Waals surface area (Å²) in [5, 5.41) is 0. The lowest BCUT2D eigenvalue weighted by molar-refractivity contribution is 0.225. The molecule has 1 aromatic carbocycles. The summed E-state index contributed by atoms with van der Waals surface area (Å²) in [5.41, 5.74) is 8.33. The van der Waals surface area contributed by atoms with E-state index < -0.39 is 0 Å². The van der Waals surface area contributed by atoms with Crippen LogP contribution in [0.25, 0.3) is 6.08 Å². The number of rotatable bonds is 0. The van der Waals surface area contributed by atoms with Crippen molar-refractivity contribution in [2.24, 2.45) is 5.41 Å². The van der Waals surface area contributed by atoms with Gasteiger partial charge in [0.1, 0.15) is 0 Å². The van der Waals surface area contributed by atoms with Crippen LogP contribution in [0.1, 0.15) is 56.9 Å². The van der Waals surface area contributed by atoms with Crippen molar-refractivity contribution < 1.29 is 0 Å². The molecule has 0 bridgehead atoms. The van der Waals surface area contributed by atoms with E-state index in [1.54, 1.807) is 11.1 Å². The van der Waals surface area contributed by atoms with Crippen LogP contribution < -0.4 is 0 Å². The van der Waals surface area contributed by atoms with Gasteiger partial charge in [0.2, 0.25) is 0 Å². The number of benzene rings is 1. The smallest absolute Gasteiger partial charge is 0.00463 e. The van der Waals surface area contributed by atoms with Gasteiger partial charge in [-0.3, -0.25) is 0 Å². The van der Waals surface area contributed by atoms with Crippen LogP contribution >= 0.6 is 0 Å². The molecule has 0 fully saturated rings. The Hall–Kier alpha value is -1.04. The lowest BCUT2D eigenvalue weighted by atomic mass is 9.68. The maximum absolute atomic E-state index is 2.47. The topological polar surface area (TPSA) is 0 Å². The molecule has 0 nitrogen and oxygen atoms in total. The van der Waals surface area contributed by atoms with E-state index in [4.69, 9.17) is 0 Å². The highest BCUT2D eigenvalue weighted by atomic mass is 14.5. The molecule has 0 saturated heterocycles. The molecule has 0 radical (unpaired) electrons. The second-order valence-electron chi connectivity index (χ2n) is 7.06. The van der Waals surface area contributed by atoms with Crippen LogP contribution in [0.5, 0.6) is 0 Å². The first-order valence-corrected chi connectivity index (χ1v) is 6.65. The van der Waals surface area contributed by atoms with Crippen LogP contribution in [0.15, 0.2) is 17.7 Å². The highest BCUT2D eigenvalue weighted by Crippen LogP contribution is 2.52. The first kappa shape index (κ1) is 11.1. The first-order chi connectivity index (χ1) is 7.81. The molecule has 2 aliphatic carbocycles. The van der Waals surface area contributed by atoms with Crippen LogP contribution in [-0.2, 0) is 18.3 Å². The zero-order valence-electron chi connectivity index (χ0n) is 11.6. The van der Waals surface area contributed by atoms with E-state index in [-0.39, 0.29) is 0 Å². The molecule has 1 aromatic rings. The van der Waals surface area contributed by atoms with Gasteiger partial charge in [-0.15, -0.1) is 0 Å². The standard InChI is InChI=1S/C17H22/c1-11-6-12-8-14-10-16(2,3)17(4,5)15(14)9-13(12)7-11/h7-9H,6,10H2,1-5H3. The maximum Gasteiger partial charge on any atom is -0.00463 e. The van der Waals surface area contributed by atoms with E-state index in [2.05, 4.69) is 52.8 Å². The predicted molar refractivity (Wildman–Crippen MR) is 74.3 cm³/mol. The molecule has 0 aliphatic heterocycles. The van der Waals surface area contributed by atoms with Crippen molar-refractivity contribution in [3.8, 4) is 0 Å². The van der Waals surface area contributed by atoms with E-state index in [0.717, 1.165) is 6.42 Å². The van der Waals surface area contributed by atoms with Crippen molar-refractivity contribution in [2.75, 3.05) is 0 Å². The number of allylic oxidation sites excluding steroid dienone is 1. The summed E-state index contributed by atoms with van der Waals surface area (Å²) in [6.07, 6.45) is 4.74. The zero-order valence-corrected chi connectivity index (χ0v) is 11.6. The van der Waals surface area contributed by atoms with Crippen LogP contribution in [0, 0.1) is 5.41 Å². The van der Waals surface area contributed by atoms with Gasteiger partial charge >= 0.3 is 0 Å². The fourth-order valence-corrected chi connectivity index (χ4v) is 3.41. The van der Waals surface area contributed by atoms with Gasteiger partial charge in [-0.1, -0.05) is 51.5 Å². The van der Waals surface area contributed by atoms with E-state index >= 15 is 0 Å². The lowest BCUT2D eigenvalue weighted by Crippen LogP contribution is -2.32. The Bertz CT molecular complexity index is 527. The summed E-state index contributed by atoms with van der Waals surface area (Å²) in [7, 11) is 0. The second kappa shape index (κ2) is 3.04. The first-order valence-electron chi connectivity index (χ1n) is 6.65. The normalized spacial score (nSPS) is 23.2. The van der Waals surface area contributed by atoms with Crippen LogP contribution in [0.4, 0.5) is 0 Å². The average molecular weight is 226 g/mol. The maximum atomic E-state index is 2.47. The molecule has 0 saturated carbocycles. The largest absolute Gasteiger partial charge is 0.0683 e. The molecule has 0 spiro atoms. The number of hydrogen-bond donors (Lipinski definition) is 0. The highest BCUT2D eigenvalue weighted by Gasteiger charge is 2.45. The van der Waals surface area contributed by atoms with E-state index in [1.807, 2.05) is 0 Å². The second-order valence-corrected chi connectivity index (χ2v) is 7.06. The van der Waals surface area contributed by atoms with Gasteiger partial charge < -0.3 is 0 Å². The minimum atomic E-state index is 0.293. The van der Waals surface area contributed by atoms with E-state index in [9.17, 15) is 0 Å². The van der Waals surface area contributed by atoms with Crippen molar-refractivity contribution in [2.45, 2.75) is 52.9 Å². The third kappa shape index (κ3) is 1.36. The van der Waals surface area contributed by atoms with Gasteiger partial charge in [0.15, 0.2) is 0 Å². The summed E-state index contributed by atoms with van der Waals surface area (Å²) < 4.78 is 0. The Morgan fingerprint density at radius 1 is 1.00 bits per heavy atom. The summed E-state index contributed by atoms with van der Waals surface area (Å²) in [4.78, 5) is 0. The molecule has 3 rings (SSSR count). The third-order valence-corrected chi connectivity index (χ3v) is 5.23. The number of hydrogen-bond acceptors (Lipinski definition) is 0. The molecular weight excluding hydrogens is 204 g/mol. The molecule has 0 heterocycles. The van der Waals surface area contributed by atoms with Crippen molar-refractivity contribution >= 4 is 6.08 Å². The molecule has 0 atom stereocenters. The van der Waals surface area contributed by atoms with Crippen molar-refractivity contribution in [1.82, 2.24) is 0 Å². The molecule has 0 unspecified atom stereocenters. The molecule has 0 heteroatoms. The molecule has 0 amide bonds. The van der Waals surface area contributed by atoms with Crippen LogP contribution in [0.2, 0.25) is 0 Å². The Kier molecular flexibility index (Phi) is 1.98. The Balaban J connectivity index is 2.19.